The number of rotatable bonds is 5. The van der Waals surface area contributed by atoms with Crippen molar-refractivity contribution in [1.29, 1.82) is 0 Å². The Bertz CT molecular complexity index is 795. The summed E-state index contributed by atoms with van der Waals surface area (Å²) in [4.78, 5) is 15.7. The molecule has 2 N–H and O–H groups in total. The fraction of sp³-hybridized carbons (Fsp3) is 0.632. The predicted molar refractivity (Wildman–Crippen MR) is 105 cm³/mol. The molecule has 7 nitrogen and oxygen atoms in total. The lowest BCUT2D eigenvalue weighted by molar-refractivity contribution is 0.0696. The molecule has 0 radical (unpaired) electrons. The molecule has 150 valence electrons. The highest BCUT2D eigenvalue weighted by molar-refractivity contribution is 7.89. The molecule has 1 aromatic carbocycles. The van der Waals surface area contributed by atoms with Gasteiger partial charge >= 0.3 is 5.97 Å². The number of hydrogen-bond donors (Lipinski definition) is 2. The van der Waals surface area contributed by atoms with E-state index in [9.17, 15) is 18.3 Å². The Labute approximate surface area is 161 Å². The van der Waals surface area contributed by atoms with Crippen molar-refractivity contribution >= 4 is 21.7 Å². The number of benzene rings is 1. The van der Waals surface area contributed by atoms with Crippen LogP contribution in [0.5, 0.6) is 0 Å². The maximum absolute atomic E-state index is 13.3. The van der Waals surface area contributed by atoms with Gasteiger partial charge in [-0.3, -0.25) is 0 Å². The van der Waals surface area contributed by atoms with Gasteiger partial charge in [0.2, 0.25) is 10.0 Å². The van der Waals surface area contributed by atoms with Crippen LogP contribution in [0.15, 0.2) is 23.1 Å². The minimum absolute atomic E-state index is 0.0120. The molecule has 1 saturated carbocycles. The minimum Gasteiger partial charge on any atom is -0.478 e. The molecule has 0 spiro atoms. The number of anilines is 1. The number of nitrogens with one attached hydrogen (secondary N) is 1. The van der Waals surface area contributed by atoms with Gasteiger partial charge in [0.05, 0.1) is 11.3 Å². The summed E-state index contributed by atoms with van der Waals surface area (Å²) in [5.74, 6) is -1.12. The molecule has 1 aromatic rings. The van der Waals surface area contributed by atoms with Gasteiger partial charge in [-0.25, -0.2) is 17.9 Å². The largest absolute Gasteiger partial charge is 0.478 e. The van der Waals surface area contributed by atoms with Crippen molar-refractivity contribution in [2.45, 2.75) is 49.5 Å². The van der Waals surface area contributed by atoms with E-state index in [4.69, 9.17) is 0 Å². The molecule has 2 fully saturated rings. The topological polar surface area (TPSA) is 90.0 Å². The zero-order chi connectivity index (χ0) is 19.7. The number of carboxylic acid groups (broad SMARTS) is 1. The monoisotopic (exact) mass is 395 g/mol. The van der Waals surface area contributed by atoms with E-state index in [1.54, 1.807) is 6.07 Å². The van der Waals surface area contributed by atoms with Gasteiger partial charge in [0.15, 0.2) is 0 Å². The standard InChI is InChI=1S/C19H29N3O4S/c1-19(8-4-3-5-9-19)20-27(25,26)17-14-15(18(23)24)6-7-16(17)22-12-10-21(2)11-13-22/h6-7,14,20H,3-5,8-13H2,1-2H3,(H,23,24). The number of aromatic carboxylic acids is 1. The number of hydrogen-bond acceptors (Lipinski definition) is 5. The fourth-order valence-electron chi connectivity index (χ4n) is 3.98. The molecule has 0 bridgehead atoms. The first kappa shape index (κ1) is 20.1. The van der Waals surface area contributed by atoms with Crippen LogP contribution in [0.25, 0.3) is 0 Å². The molecule has 27 heavy (non-hydrogen) atoms. The number of sulfonamides is 1. The maximum Gasteiger partial charge on any atom is 0.335 e. The SMILES string of the molecule is CN1CCN(c2ccc(C(=O)O)cc2S(=O)(=O)NC2(C)CCCCC2)CC1. The Hall–Kier alpha value is -1.64. The Morgan fingerprint density at radius 2 is 1.74 bits per heavy atom. The second-order valence-corrected chi connectivity index (χ2v) is 9.66. The lowest BCUT2D eigenvalue weighted by Crippen LogP contribution is -2.48. The van der Waals surface area contributed by atoms with Crippen LogP contribution in [0, 0.1) is 0 Å². The van der Waals surface area contributed by atoms with Gasteiger partial charge in [-0.2, -0.15) is 0 Å². The van der Waals surface area contributed by atoms with E-state index in [0.29, 0.717) is 18.8 Å². The van der Waals surface area contributed by atoms with Crippen LogP contribution >= 0.6 is 0 Å². The van der Waals surface area contributed by atoms with E-state index >= 15 is 0 Å². The normalized spacial score (nSPS) is 21.2. The maximum atomic E-state index is 13.3. The molecule has 1 aliphatic carbocycles. The van der Waals surface area contributed by atoms with Crippen LogP contribution in [0.2, 0.25) is 0 Å². The molecule has 1 aliphatic heterocycles. The lowest BCUT2D eigenvalue weighted by atomic mass is 9.84. The fourth-order valence-corrected chi connectivity index (χ4v) is 5.70. The first-order valence-electron chi connectivity index (χ1n) is 9.55. The summed E-state index contributed by atoms with van der Waals surface area (Å²) < 4.78 is 29.4. The van der Waals surface area contributed by atoms with Gasteiger partial charge < -0.3 is 14.9 Å². The lowest BCUT2D eigenvalue weighted by Gasteiger charge is -2.37. The van der Waals surface area contributed by atoms with Crippen molar-refractivity contribution in [2.24, 2.45) is 0 Å². The summed E-state index contributed by atoms with van der Waals surface area (Å²) in [6, 6.07) is 4.41. The summed E-state index contributed by atoms with van der Waals surface area (Å²) in [6.45, 7) is 5.04. The highest BCUT2D eigenvalue weighted by Gasteiger charge is 2.34. The molecule has 3 rings (SSSR count). The number of carbonyl (C=O) groups is 1. The molecule has 0 unspecified atom stereocenters. The molecule has 1 saturated heterocycles. The summed E-state index contributed by atoms with van der Waals surface area (Å²) >= 11 is 0. The first-order valence-corrected chi connectivity index (χ1v) is 11.0. The van der Waals surface area contributed by atoms with E-state index in [-0.39, 0.29) is 10.5 Å². The highest BCUT2D eigenvalue weighted by atomic mass is 32.2. The Morgan fingerprint density at radius 1 is 1.11 bits per heavy atom. The predicted octanol–water partition coefficient (Wildman–Crippen LogP) is 2.14. The van der Waals surface area contributed by atoms with Crippen LogP contribution in [-0.2, 0) is 10.0 Å². The summed E-state index contributed by atoms with van der Waals surface area (Å²) in [5, 5.41) is 9.35. The van der Waals surface area contributed by atoms with Crippen molar-refractivity contribution in [2.75, 3.05) is 38.1 Å². The highest BCUT2D eigenvalue weighted by Crippen LogP contribution is 2.32. The van der Waals surface area contributed by atoms with Crippen molar-refractivity contribution in [1.82, 2.24) is 9.62 Å². The second kappa shape index (κ2) is 7.77. The second-order valence-electron chi connectivity index (χ2n) is 8.00. The van der Waals surface area contributed by atoms with Gasteiger partial charge in [-0.15, -0.1) is 0 Å². The Kier molecular flexibility index (Phi) is 5.79. The average Bonchev–Trinajstić information content (AvgIpc) is 2.61. The van der Waals surface area contributed by atoms with Crippen LogP contribution in [0.3, 0.4) is 0 Å². The summed E-state index contributed by atoms with van der Waals surface area (Å²) in [6.07, 6.45) is 4.72. The quantitative estimate of drug-likeness (QED) is 0.794. The van der Waals surface area contributed by atoms with Crippen molar-refractivity contribution in [3.8, 4) is 0 Å². The van der Waals surface area contributed by atoms with E-state index in [1.165, 1.54) is 12.1 Å². The zero-order valence-corrected chi connectivity index (χ0v) is 16.9. The summed E-state index contributed by atoms with van der Waals surface area (Å²) in [5.41, 5.74) is 0.0949. The van der Waals surface area contributed by atoms with Gasteiger partial charge in [0.1, 0.15) is 4.90 Å². The van der Waals surface area contributed by atoms with E-state index in [2.05, 4.69) is 9.62 Å². The molecular weight excluding hydrogens is 366 g/mol. The van der Waals surface area contributed by atoms with Crippen molar-refractivity contribution in [3.05, 3.63) is 23.8 Å². The third-order valence-corrected chi connectivity index (χ3v) is 7.35. The van der Waals surface area contributed by atoms with Gasteiger partial charge in [0.25, 0.3) is 0 Å². The third-order valence-electron chi connectivity index (χ3n) is 5.68. The van der Waals surface area contributed by atoms with E-state index < -0.39 is 21.5 Å². The number of carboxylic acids is 1. The molecule has 1 heterocycles. The van der Waals surface area contributed by atoms with Crippen molar-refractivity contribution < 1.29 is 18.3 Å². The minimum atomic E-state index is -3.84. The van der Waals surface area contributed by atoms with Gasteiger partial charge in [-0.1, -0.05) is 19.3 Å². The van der Waals surface area contributed by atoms with Crippen LogP contribution in [0.4, 0.5) is 5.69 Å². The first-order chi connectivity index (χ1) is 12.7. The van der Waals surface area contributed by atoms with E-state index in [0.717, 1.165) is 45.2 Å². The molecule has 0 amide bonds. The number of likely N-dealkylation sites (N-methyl/N-ethyl adjacent to an activating group) is 1. The molecular formula is C19H29N3O4S. The van der Waals surface area contributed by atoms with Crippen LogP contribution in [0.1, 0.15) is 49.4 Å². The molecule has 2 aliphatic rings. The summed E-state index contributed by atoms with van der Waals surface area (Å²) in [7, 11) is -1.80. The number of nitrogens with zero attached hydrogens (tertiary/aromatic N) is 2. The molecule has 0 aromatic heterocycles. The third kappa shape index (κ3) is 4.62. The average molecular weight is 396 g/mol. The molecule has 8 heteroatoms. The Balaban J connectivity index is 1.97. The number of piperazine rings is 1. The van der Waals surface area contributed by atoms with Crippen LogP contribution < -0.4 is 9.62 Å². The zero-order valence-electron chi connectivity index (χ0n) is 16.1. The van der Waals surface area contributed by atoms with Gasteiger partial charge in [0, 0.05) is 31.7 Å². The van der Waals surface area contributed by atoms with Crippen molar-refractivity contribution in [3.63, 3.8) is 0 Å². The molecule has 0 atom stereocenters. The van der Waals surface area contributed by atoms with Gasteiger partial charge in [-0.05, 0) is 45.0 Å². The smallest absolute Gasteiger partial charge is 0.335 e. The Morgan fingerprint density at radius 3 is 2.33 bits per heavy atom. The van der Waals surface area contributed by atoms with Crippen LogP contribution in [-0.4, -0.2) is 63.2 Å². The van der Waals surface area contributed by atoms with E-state index in [1.807, 2.05) is 18.9 Å².